The van der Waals surface area contributed by atoms with E-state index in [0.29, 0.717) is 18.2 Å². The number of Topliss-reactive ketones (excluding diaryl/α,β-unsaturated/α-hetero) is 1. The molecule has 11 heteroatoms. The molecule has 0 amide bonds. The number of carbonyl (C=O) groups is 1. The Balaban J connectivity index is 1.60. The maximum absolute atomic E-state index is 13.1. The molecule has 186 valence electrons. The fourth-order valence-corrected chi connectivity index (χ4v) is 5.10. The van der Waals surface area contributed by atoms with Crippen LogP contribution in [0.15, 0.2) is 45.1 Å². The van der Waals surface area contributed by atoms with Gasteiger partial charge in [-0.25, -0.2) is 4.79 Å². The van der Waals surface area contributed by atoms with Gasteiger partial charge in [0, 0.05) is 12.2 Å². The minimum Gasteiger partial charge on any atom is -0.384 e. The van der Waals surface area contributed by atoms with E-state index in [0.717, 1.165) is 24.6 Å². The quantitative estimate of drug-likeness (QED) is 0.340. The van der Waals surface area contributed by atoms with E-state index in [4.69, 9.17) is 5.73 Å². The number of benzene rings is 1. The van der Waals surface area contributed by atoms with E-state index >= 15 is 0 Å². The fraction of sp³-hybridized carbons (Fsp3) is 0.458. The summed E-state index contributed by atoms with van der Waals surface area (Å²) in [5, 5.41) is 9.35. The summed E-state index contributed by atoms with van der Waals surface area (Å²) >= 11 is 1.19. The van der Waals surface area contributed by atoms with Crippen LogP contribution in [0, 0.1) is 5.92 Å². The number of likely N-dealkylation sites (tertiary alicyclic amines) is 1. The summed E-state index contributed by atoms with van der Waals surface area (Å²) in [4.78, 5) is 42.3. The first kappa shape index (κ1) is 24.9. The summed E-state index contributed by atoms with van der Waals surface area (Å²) in [6, 6.07) is 9.77. The summed E-state index contributed by atoms with van der Waals surface area (Å²) in [6.07, 6.45) is 3.59. The maximum atomic E-state index is 13.1. The van der Waals surface area contributed by atoms with Crippen molar-refractivity contribution < 1.29 is 4.79 Å². The number of carbonyl (C=O) groups excluding carboxylic acids is 1. The number of aromatic amines is 1. The summed E-state index contributed by atoms with van der Waals surface area (Å²) in [7, 11) is 0. The molecule has 0 saturated carbocycles. The number of nitrogens with two attached hydrogens (primary N) is 1. The third-order valence-electron chi connectivity index (χ3n) is 5.93. The molecule has 35 heavy (non-hydrogen) atoms. The van der Waals surface area contributed by atoms with Gasteiger partial charge in [-0.2, -0.15) is 0 Å². The molecule has 3 aromatic rings. The van der Waals surface area contributed by atoms with Gasteiger partial charge in [0.25, 0.3) is 5.56 Å². The second kappa shape index (κ2) is 11.0. The molecule has 0 bridgehead atoms. The van der Waals surface area contributed by atoms with Crippen LogP contribution in [0.4, 0.5) is 5.82 Å². The lowest BCUT2D eigenvalue weighted by Crippen LogP contribution is -2.37. The van der Waals surface area contributed by atoms with Gasteiger partial charge in [-0.1, -0.05) is 50.2 Å². The molecule has 0 atom stereocenters. The molecule has 4 rings (SSSR count). The Bertz CT molecular complexity index is 1290. The summed E-state index contributed by atoms with van der Waals surface area (Å²) in [6.45, 7) is 6.87. The van der Waals surface area contributed by atoms with Crippen LogP contribution < -0.4 is 17.0 Å². The van der Waals surface area contributed by atoms with E-state index in [1.54, 1.807) is 0 Å². The molecule has 2 aromatic heterocycles. The van der Waals surface area contributed by atoms with Gasteiger partial charge in [-0.3, -0.25) is 28.6 Å². The number of nitrogen functional groups attached to an aromatic ring is 1. The van der Waals surface area contributed by atoms with E-state index in [2.05, 4.69) is 20.1 Å². The van der Waals surface area contributed by atoms with E-state index < -0.39 is 17.0 Å². The molecule has 3 heterocycles. The highest BCUT2D eigenvalue weighted by Gasteiger charge is 2.23. The number of piperidine rings is 1. The third kappa shape index (κ3) is 5.73. The van der Waals surface area contributed by atoms with Crippen molar-refractivity contribution in [3.05, 3.63) is 62.6 Å². The van der Waals surface area contributed by atoms with Crippen LogP contribution in [0.1, 0.15) is 49.3 Å². The van der Waals surface area contributed by atoms with Crippen molar-refractivity contribution in [2.45, 2.75) is 51.4 Å². The lowest BCUT2D eigenvalue weighted by molar-refractivity contribution is 0.102. The maximum Gasteiger partial charge on any atom is 0.329 e. The Labute approximate surface area is 207 Å². The molecule has 1 fully saturated rings. The molecular weight excluding hydrogens is 466 g/mol. The van der Waals surface area contributed by atoms with Crippen molar-refractivity contribution in [1.29, 1.82) is 0 Å². The summed E-state index contributed by atoms with van der Waals surface area (Å²) in [5.74, 6) is 0.277. The number of nitrogens with one attached hydrogen (secondary N) is 1. The molecule has 1 aliphatic heterocycles. The van der Waals surface area contributed by atoms with Crippen molar-refractivity contribution in [2.24, 2.45) is 5.92 Å². The zero-order valence-corrected chi connectivity index (χ0v) is 20.9. The average Bonchev–Trinajstić information content (AvgIpc) is 3.23. The van der Waals surface area contributed by atoms with Gasteiger partial charge in [0.15, 0.2) is 16.8 Å². The first-order chi connectivity index (χ1) is 16.8. The lowest BCUT2D eigenvalue weighted by Gasteiger charge is -2.26. The first-order valence-corrected chi connectivity index (χ1v) is 12.8. The Morgan fingerprint density at radius 1 is 1.11 bits per heavy atom. The topological polar surface area (TPSA) is 132 Å². The third-order valence-corrected chi connectivity index (χ3v) is 6.86. The van der Waals surface area contributed by atoms with Gasteiger partial charge >= 0.3 is 5.69 Å². The normalized spacial score (nSPS) is 14.5. The highest BCUT2D eigenvalue weighted by atomic mass is 32.2. The van der Waals surface area contributed by atoms with Crippen LogP contribution in [-0.4, -0.2) is 53.8 Å². The highest BCUT2D eigenvalue weighted by Crippen LogP contribution is 2.24. The molecule has 0 unspecified atom stereocenters. The Morgan fingerprint density at radius 3 is 2.51 bits per heavy atom. The molecule has 10 nitrogen and oxygen atoms in total. The van der Waals surface area contributed by atoms with Crippen molar-refractivity contribution in [3.8, 4) is 5.69 Å². The smallest absolute Gasteiger partial charge is 0.329 e. The zero-order chi connectivity index (χ0) is 24.9. The Hall–Kier alpha value is -3.18. The lowest BCUT2D eigenvalue weighted by atomic mass is 10.1. The van der Waals surface area contributed by atoms with E-state index in [1.165, 1.54) is 35.6 Å². The Morgan fingerprint density at radius 2 is 1.83 bits per heavy atom. The summed E-state index contributed by atoms with van der Waals surface area (Å²) < 4.78 is 3.20. The summed E-state index contributed by atoms with van der Waals surface area (Å²) in [5.41, 5.74) is 5.43. The number of ketones is 1. The number of H-pyrrole nitrogens is 1. The molecule has 1 aromatic carbocycles. The molecule has 0 radical (unpaired) electrons. The van der Waals surface area contributed by atoms with Crippen molar-refractivity contribution in [3.63, 3.8) is 0 Å². The molecule has 3 N–H and O–H groups in total. The number of rotatable bonds is 9. The van der Waals surface area contributed by atoms with Gasteiger partial charge in [-0.15, -0.1) is 10.2 Å². The van der Waals surface area contributed by atoms with Crippen molar-refractivity contribution in [1.82, 2.24) is 29.2 Å². The number of para-hydroxylation sites is 1. The number of hydrogen-bond donors (Lipinski definition) is 2. The second-order valence-electron chi connectivity index (χ2n) is 9.14. The largest absolute Gasteiger partial charge is 0.384 e. The van der Waals surface area contributed by atoms with Gasteiger partial charge < -0.3 is 5.73 Å². The van der Waals surface area contributed by atoms with Crippen LogP contribution in [0.3, 0.4) is 0 Å². The predicted octanol–water partition coefficient (Wildman–Crippen LogP) is 2.32. The number of anilines is 1. The monoisotopic (exact) mass is 497 g/mol. The van der Waals surface area contributed by atoms with E-state index in [1.807, 2.05) is 48.7 Å². The van der Waals surface area contributed by atoms with Gasteiger partial charge in [0.05, 0.1) is 12.3 Å². The van der Waals surface area contributed by atoms with Crippen LogP contribution in [0.2, 0.25) is 0 Å². The minimum absolute atomic E-state index is 0.0676. The zero-order valence-electron chi connectivity index (χ0n) is 20.1. The van der Waals surface area contributed by atoms with E-state index in [9.17, 15) is 14.4 Å². The van der Waals surface area contributed by atoms with Gasteiger partial charge in [0.2, 0.25) is 0 Å². The predicted molar refractivity (Wildman–Crippen MR) is 136 cm³/mol. The number of aromatic nitrogens is 5. The van der Waals surface area contributed by atoms with Crippen LogP contribution in [0.5, 0.6) is 0 Å². The van der Waals surface area contributed by atoms with Crippen LogP contribution in [-0.2, 0) is 13.1 Å². The molecular formula is C24H31N7O3S. The van der Waals surface area contributed by atoms with Crippen molar-refractivity contribution in [2.75, 3.05) is 24.6 Å². The van der Waals surface area contributed by atoms with Gasteiger partial charge in [-0.05, 0) is 44.0 Å². The van der Waals surface area contributed by atoms with Crippen LogP contribution >= 0.6 is 11.8 Å². The minimum atomic E-state index is -0.770. The number of nitrogens with zero attached hydrogens (tertiary/aromatic N) is 5. The molecule has 1 aliphatic rings. The van der Waals surface area contributed by atoms with Gasteiger partial charge in [0.1, 0.15) is 11.4 Å². The molecule has 1 saturated heterocycles. The average molecular weight is 498 g/mol. The standard InChI is InChI=1S/C24H31N7O3S/c1-16(2)13-30-21(25)20(22(33)26-23(30)34)18(32)15-35-24-28-27-19(14-29-11-7-4-8-12-29)31(24)17-9-5-3-6-10-17/h3,5-6,9-10,16H,4,7-8,11-15,25H2,1-2H3,(H,26,33,34). The fourth-order valence-electron chi connectivity index (χ4n) is 4.26. The molecule has 0 spiro atoms. The second-order valence-corrected chi connectivity index (χ2v) is 10.1. The number of thioether (sulfide) groups is 1. The van der Waals surface area contributed by atoms with Crippen molar-refractivity contribution >= 4 is 23.4 Å². The van der Waals surface area contributed by atoms with E-state index in [-0.39, 0.29) is 23.1 Å². The van der Waals surface area contributed by atoms with Crippen LogP contribution in [0.25, 0.3) is 5.69 Å². The SMILES string of the molecule is CC(C)Cn1c(N)c(C(=O)CSc2nnc(CN3CCCCC3)n2-c2ccccc2)c(=O)[nH]c1=O. The molecule has 0 aliphatic carbocycles. The highest BCUT2D eigenvalue weighted by molar-refractivity contribution is 7.99. The number of hydrogen-bond acceptors (Lipinski definition) is 8. The Kier molecular flexibility index (Phi) is 7.86. The first-order valence-electron chi connectivity index (χ1n) is 11.9.